The summed E-state index contributed by atoms with van der Waals surface area (Å²) in [5, 5.41) is 7.76. The summed E-state index contributed by atoms with van der Waals surface area (Å²) in [6.07, 6.45) is 10.6. The molecule has 1 saturated carbocycles. The fourth-order valence-electron chi connectivity index (χ4n) is 5.53. The van der Waals surface area contributed by atoms with Crippen LogP contribution >= 0.6 is 0 Å². The summed E-state index contributed by atoms with van der Waals surface area (Å²) in [6.45, 7) is 9.13. The van der Waals surface area contributed by atoms with Crippen LogP contribution in [-0.2, 0) is 13.6 Å². The van der Waals surface area contributed by atoms with Gasteiger partial charge in [-0.25, -0.2) is 4.68 Å². The molecule has 1 atom stereocenters. The summed E-state index contributed by atoms with van der Waals surface area (Å²) in [7, 11) is 2.00. The van der Waals surface area contributed by atoms with Gasteiger partial charge in [0.25, 0.3) is 5.56 Å². The zero-order valence-corrected chi connectivity index (χ0v) is 19.9. The lowest BCUT2D eigenvalue weighted by atomic mass is 9.82. The maximum atomic E-state index is 13.2. The van der Waals surface area contributed by atoms with Gasteiger partial charge in [0.15, 0.2) is 5.76 Å². The first-order valence-corrected chi connectivity index (χ1v) is 12.1. The average Bonchev–Trinajstić information content (AvgIpc) is 3.23. The standard InChI is InChI=1S/C25H38N4O2/c1-6-19-12-13-21(16(2)14-19)24-17(3)22(27-31-24)15-26-23-18(4)28(5)29(25(23)30)20-10-8-7-9-11-20/h19-20,26H,6-15H2,1-5H3. The van der Waals surface area contributed by atoms with Crippen molar-refractivity contribution in [2.45, 2.75) is 98.1 Å². The molecular formula is C25H38N4O2. The summed E-state index contributed by atoms with van der Waals surface area (Å²) in [5.74, 6) is 1.73. The van der Waals surface area contributed by atoms with E-state index in [0.717, 1.165) is 54.3 Å². The van der Waals surface area contributed by atoms with Crippen LogP contribution in [0.1, 0.15) is 100 Å². The van der Waals surface area contributed by atoms with Crippen LogP contribution in [-0.4, -0.2) is 14.5 Å². The maximum absolute atomic E-state index is 13.2. The molecule has 4 rings (SSSR count). The molecule has 0 aliphatic heterocycles. The molecule has 0 saturated heterocycles. The first kappa shape index (κ1) is 22.0. The van der Waals surface area contributed by atoms with Crippen LogP contribution in [0.15, 0.2) is 14.9 Å². The van der Waals surface area contributed by atoms with Gasteiger partial charge in [-0.05, 0) is 64.4 Å². The summed E-state index contributed by atoms with van der Waals surface area (Å²) in [6, 6.07) is 0.314. The lowest BCUT2D eigenvalue weighted by molar-refractivity contribution is 0.293. The maximum Gasteiger partial charge on any atom is 0.290 e. The van der Waals surface area contributed by atoms with E-state index in [-0.39, 0.29) is 5.56 Å². The third-order valence-electron chi connectivity index (χ3n) is 7.73. The number of aromatic nitrogens is 3. The summed E-state index contributed by atoms with van der Waals surface area (Å²) < 4.78 is 9.80. The van der Waals surface area contributed by atoms with Crippen LogP contribution in [0.3, 0.4) is 0 Å². The fraction of sp³-hybridized carbons (Fsp3) is 0.680. The van der Waals surface area contributed by atoms with Crippen LogP contribution in [0, 0.1) is 19.8 Å². The van der Waals surface area contributed by atoms with Gasteiger partial charge in [0.1, 0.15) is 11.4 Å². The van der Waals surface area contributed by atoms with E-state index >= 15 is 0 Å². The predicted octanol–water partition coefficient (Wildman–Crippen LogP) is 5.89. The molecule has 6 nitrogen and oxygen atoms in total. The molecule has 0 aromatic carbocycles. The second-order valence-corrected chi connectivity index (χ2v) is 9.64. The molecule has 2 aliphatic carbocycles. The van der Waals surface area contributed by atoms with Crippen molar-refractivity contribution in [2.24, 2.45) is 13.0 Å². The van der Waals surface area contributed by atoms with E-state index in [0.29, 0.717) is 18.3 Å². The largest absolute Gasteiger partial charge is 0.373 e. The van der Waals surface area contributed by atoms with E-state index in [1.807, 2.05) is 23.3 Å². The Morgan fingerprint density at radius 2 is 1.87 bits per heavy atom. The Morgan fingerprint density at radius 3 is 2.55 bits per heavy atom. The third-order valence-corrected chi connectivity index (χ3v) is 7.73. The molecule has 0 bridgehead atoms. The third kappa shape index (κ3) is 4.13. The summed E-state index contributed by atoms with van der Waals surface area (Å²) >= 11 is 0. The van der Waals surface area contributed by atoms with E-state index in [2.05, 4.69) is 31.2 Å². The highest BCUT2D eigenvalue weighted by atomic mass is 16.5. The van der Waals surface area contributed by atoms with Gasteiger partial charge in [-0.15, -0.1) is 0 Å². The highest BCUT2D eigenvalue weighted by Crippen LogP contribution is 2.38. The molecule has 1 N–H and O–H groups in total. The Balaban J connectivity index is 1.53. The topological polar surface area (TPSA) is 65.0 Å². The molecule has 6 heteroatoms. The van der Waals surface area contributed by atoms with Gasteiger partial charge in [0.2, 0.25) is 0 Å². The van der Waals surface area contributed by atoms with E-state index < -0.39 is 0 Å². The zero-order chi connectivity index (χ0) is 22.1. The van der Waals surface area contributed by atoms with Gasteiger partial charge >= 0.3 is 0 Å². The van der Waals surface area contributed by atoms with Crippen molar-refractivity contribution in [3.8, 4) is 0 Å². The van der Waals surface area contributed by atoms with Gasteiger partial charge in [-0.1, -0.05) is 43.3 Å². The van der Waals surface area contributed by atoms with Gasteiger partial charge in [0.05, 0.1) is 18.3 Å². The minimum atomic E-state index is 0.0877. The van der Waals surface area contributed by atoms with Crippen molar-refractivity contribution in [1.82, 2.24) is 14.5 Å². The molecule has 0 radical (unpaired) electrons. The van der Waals surface area contributed by atoms with Crippen molar-refractivity contribution in [3.05, 3.63) is 38.6 Å². The number of allylic oxidation sites excluding steroid dienone is 2. The van der Waals surface area contributed by atoms with Gasteiger partial charge < -0.3 is 9.84 Å². The Bertz CT molecular complexity index is 1020. The number of hydrogen-bond acceptors (Lipinski definition) is 4. The average molecular weight is 427 g/mol. The van der Waals surface area contributed by atoms with Crippen molar-refractivity contribution in [2.75, 3.05) is 5.32 Å². The van der Waals surface area contributed by atoms with Crippen LogP contribution in [0.4, 0.5) is 5.69 Å². The SMILES string of the molecule is CCC1CCC(c2onc(CNc3c(C)n(C)n(C4CCCCC4)c3=O)c2C)=C(C)C1. The molecule has 170 valence electrons. The summed E-state index contributed by atoms with van der Waals surface area (Å²) in [4.78, 5) is 13.2. The number of hydrogen-bond donors (Lipinski definition) is 1. The predicted molar refractivity (Wildman–Crippen MR) is 125 cm³/mol. The first-order valence-electron chi connectivity index (χ1n) is 12.1. The van der Waals surface area contributed by atoms with Crippen molar-refractivity contribution in [1.29, 1.82) is 0 Å². The molecular weight excluding hydrogens is 388 g/mol. The lowest BCUT2D eigenvalue weighted by Crippen LogP contribution is -2.29. The molecule has 2 aliphatic rings. The van der Waals surface area contributed by atoms with Crippen molar-refractivity contribution >= 4 is 11.3 Å². The van der Waals surface area contributed by atoms with Crippen LogP contribution in [0.2, 0.25) is 0 Å². The number of nitrogens with zero attached hydrogens (tertiary/aromatic N) is 3. The lowest BCUT2D eigenvalue weighted by Gasteiger charge is -2.24. The normalized spacial score (nSPS) is 20.5. The second-order valence-electron chi connectivity index (χ2n) is 9.64. The van der Waals surface area contributed by atoms with Crippen LogP contribution < -0.4 is 10.9 Å². The Kier molecular flexibility index (Phi) is 6.44. The molecule has 2 aromatic heterocycles. The molecule has 0 spiro atoms. The molecule has 2 aromatic rings. The Labute approximate surface area is 185 Å². The van der Waals surface area contributed by atoms with E-state index in [9.17, 15) is 4.79 Å². The minimum Gasteiger partial charge on any atom is -0.373 e. The van der Waals surface area contributed by atoms with Gasteiger partial charge in [-0.3, -0.25) is 9.48 Å². The van der Waals surface area contributed by atoms with Gasteiger partial charge in [0, 0.05) is 12.6 Å². The molecule has 2 heterocycles. The van der Waals surface area contributed by atoms with Crippen LogP contribution in [0.5, 0.6) is 0 Å². The number of anilines is 1. The smallest absolute Gasteiger partial charge is 0.290 e. The fourth-order valence-corrected chi connectivity index (χ4v) is 5.53. The highest BCUT2D eigenvalue weighted by molar-refractivity contribution is 5.68. The number of rotatable bonds is 6. The number of nitrogens with one attached hydrogen (secondary N) is 1. The Hall–Kier alpha value is -2.24. The minimum absolute atomic E-state index is 0.0877. The van der Waals surface area contributed by atoms with Crippen molar-refractivity contribution in [3.63, 3.8) is 0 Å². The zero-order valence-electron chi connectivity index (χ0n) is 19.9. The van der Waals surface area contributed by atoms with E-state index in [4.69, 9.17) is 4.52 Å². The molecule has 0 amide bonds. The highest BCUT2D eigenvalue weighted by Gasteiger charge is 2.25. The van der Waals surface area contributed by atoms with Gasteiger partial charge in [-0.2, -0.15) is 0 Å². The quantitative estimate of drug-likeness (QED) is 0.625. The Morgan fingerprint density at radius 1 is 1.13 bits per heavy atom. The second kappa shape index (κ2) is 9.09. The summed E-state index contributed by atoms with van der Waals surface area (Å²) in [5.41, 5.74) is 6.51. The van der Waals surface area contributed by atoms with Crippen molar-refractivity contribution < 1.29 is 4.52 Å². The van der Waals surface area contributed by atoms with E-state index in [1.165, 1.54) is 43.3 Å². The van der Waals surface area contributed by atoms with E-state index in [1.54, 1.807) is 0 Å². The molecule has 31 heavy (non-hydrogen) atoms. The molecule has 1 unspecified atom stereocenters. The molecule has 1 fully saturated rings. The first-order chi connectivity index (χ1) is 14.9. The monoisotopic (exact) mass is 426 g/mol. The van der Waals surface area contributed by atoms with Crippen LogP contribution in [0.25, 0.3) is 5.57 Å².